The van der Waals surface area contributed by atoms with Gasteiger partial charge in [0.15, 0.2) is 0 Å². The van der Waals surface area contributed by atoms with Crippen LogP contribution in [0.25, 0.3) is 0 Å². The van der Waals surface area contributed by atoms with Gasteiger partial charge in [-0.3, -0.25) is 0 Å². The quantitative estimate of drug-likeness (QED) is 0.418. The van der Waals surface area contributed by atoms with Gasteiger partial charge in [-0.05, 0) is 0 Å². The van der Waals surface area contributed by atoms with E-state index in [-0.39, 0.29) is 28.7 Å². The van der Waals surface area contributed by atoms with Crippen molar-refractivity contribution in [3.63, 3.8) is 0 Å². The predicted molar refractivity (Wildman–Crippen MR) is 19.2 cm³/mol. The topological polar surface area (TPSA) is 63.5 Å². The first-order valence-corrected chi connectivity index (χ1v) is 1.75. The fourth-order valence-electron chi connectivity index (χ4n) is 0. The molecule has 0 rings (SSSR count). The molecule has 4 radical (unpaired) electrons. The maximum Gasteiger partial charge on any atom is 0.0755 e. The zero-order valence-corrected chi connectivity index (χ0v) is 7.03. The summed E-state index contributed by atoms with van der Waals surface area (Å²) in [5.41, 5.74) is 0. The summed E-state index contributed by atoms with van der Waals surface area (Å²) < 4.78 is 0. The second-order valence-corrected chi connectivity index (χ2v) is 0.758. The van der Waals surface area contributed by atoms with E-state index < -0.39 is 8.60 Å². The summed E-state index contributed by atoms with van der Waals surface area (Å²) in [5, 5.41) is 0. The molecule has 0 aliphatic carbocycles. The first-order valence-electron chi connectivity index (χ1n) is 0.583. The van der Waals surface area contributed by atoms with Crippen molar-refractivity contribution in [1.82, 2.24) is 0 Å². The van der Waals surface area contributed by atoms with Crippen LogP contribution in [0.2, 0.25) is 0 Å². The standard InChI is InChI=1S/H2O3P.Pb.H2/c1-4(2)3;;/h1-2H;;1H/q-1;;. The van der Waals surface area contributed by atoms with E-state index in [2.05, 4.69) is 0 Å². The largest absolute Gasteiger partial charge is 0.786 e. The molecule has 0 aliphatic rings. The second kappa shape index (κ2) is 5.23. The molecule has 32 valence electrons. The van der Waals surface area contributed by atoms with E-state index in [0.717, 1.165) is 0 Å². The van der Waals surface area contributed by atoms with Crippen LogP contribution in [-0.2, 0) is 0 Å². The van der Waals surface area contributed by atoms with E-state index >= 15 is 0 Å². The molecule has 0 saturated heterocycles. The van der Waals surface area contributed by atoms with Crippen LogP contribution < -0.4 is 4.89 Å². The van der Waals surface area contributed by atoms with Crippen LogP contribution in [0, 0.1) is 0 Å². The van der Waals surface area contributed by atoms with Crippen LogP contribution in [0.5, 0.6) is 0 Å². The number of rotatable bonds is 0. The summed E-state index contributed by atoms with van der Waals surface area (Å²) in [4.78, 5) is 22.9. The van der Waals surface area contributed by atoms with E-state index in [1.54, 1.807) is 0 Å². The average Bonchev–Trinajstić information content (AvgIpc) is 0.811. The molecule has 0 atom stereocenters. The Balaban J connectivity index is -0.0000000450. The van der Waals surface area contributed by atoms with Crippen LogP contribution in [-0.4, -0.2) is 37.1 Å². The third kappa shape index (κ3) is 36.0. The molecule has 5 heteroatoms. The minimum Gasteiger partial charge on any atom is -0.786 e. The molecule has 0 amide bonds. The second-order valence-electron chi connectivity index (χ2n) is 0.253. The maximum absolute atomic E-state index is 8.70. The normalized spacial score (nSPS) is 7.20. The molecule has 0 aromatic carbocycles. The minimum absolute atomic E-state index is 0. The van der Waals surface area contributed by atoms with E-state index in [1.165, 1.54) is 0 Å². The molecule has 0 heterocycles. The molecule has 5 heavy (non-hydrogen) atoms. The van der Waals surface area contributed by atoms with Crippen molar-refractivity contribution in [2.75, 3.05) is 0 Å². The average molecular weight is 290 g/mol. The smallest absolute Gasteiger partial charge is 0.0755 e. The van der Waals surface area contributed by atoms with Gasteiger partial charge in [0.25, 0.3) is 0 Å². The van der Waals surface area contributed by atoms with Crippen molar-refractivity contribution >= 4 is 35.9 Å². The molecule has 0 aliphatic heterocycles. The summed E-state index contributed by atoms with van der Waals surface area (Å²) in [7, 11) is -2.87. The van der Waals surface area contributed by atoms with E-state index in [0.29, 0.717) is 0 Å². The maximum atomic E-state index is 8.70. The van der Waals surface area contributed by atoms with Crippen LogP contribution in [0.15, 0.2) is 0 Å². The van der Waals surface area contributed by atoms with Gasteiger partial charge in [0.2, 0.25) is 0 Å². The van der Waals surface area contributed by atoms with Crippen LogP contribution in [0.4, 0.5) is 0 Å². The summed E-state index contributed by atoms with van der Waals surface area (Å²) in [6, 6.07) is 0. The van der Waals surface area contributed by atoms with Gasteiger partial charge in [0, 0.05) is 28.7 Å². The predicted octanol–water partition coefficient (Wildman–Crippen LogP) is -1.58. The molecular weight excluding hydrogens is 286 g/mol. The molecule has 0 aromatic rings. The van der Waals surface area contributed by atoms with E-state index in [1.807, 2.05) is 0 Å². The fraction of sp³-hybridized carbons (Fsp3) is 0. The van der Waals surface area contributed by atoms with Crippen molar-refractivity contribution in [2.24, 2.45) is 0 Å². The molecule has 0 fully saturated rings. The monoisotopic (exact) mass is 291 g/mol. The van der Waals surface area contributed by atoms with E-state index in [9.17, 15) is 0 Å². The first kappa shape index (κ1) is 9.53. The van der Waals surface area contributed by atoms with Crippen molar-refractivity contribution in [1.29, 1.82) is 0 Å². The van der Waals surface area contributed by atoms with Crippen LogP contribution >= 0.6 is 8.60 Å². The van der Waals surface area contributed by atoms with Gasteiger partial charge >= 0.3 is 0 Å². The summed E-state index contributed by atoms with van der Waals surface area (Å²) >= 11 is 0. The van der Waals surface area contributed by atoms with Crippen molar-refractivity contribution in [3.05, 3.63) is 0 Å². The number of hydrogen-bond donors (Lipinski definition) is 2. The van der Waals surface area contributed by atoms with Gasteiger partial charge in [-0.1, -0.05) is 0 Å². The SMILES string of the molecule is [HH].[O-]P(O)O.[Pb]. The Morgan fingerprint density at radius 2 is 1.60 bits per heavy atom. The third-order valence-corrected chi connectivity index (χ3v) is 0. The van der Waals surface area contributed by atoms with E-state index in [4.69, 9.17) is 14.7 Å². The van der Waals surface area contributed by atoms with Crippen LogP contribution in [0.3, 0.4) is 0 Å². The van der Waals surface area contributed by atoms with Gasteiger partial charge in [-0.15, -0.1) is 0 Å². The molecule has 3 nitrogen and oxygen atoms in total. The van der Waals surface area contributed by atoms with Gasteiger partial charge in [0.1, 0.15) is 0 Å². The molecule has 0 bridgehead atoms. The Morgan fingerprint density at radius 1 is 1.60 bits per heavy atom. The molecular formula is H4O3PPb-. The fourth-order valence-corrected chi connectivity index (χ4v) is 0. The van der Waals surface area contributed by atoms with Crippen molar-refractivity contribution < 1.29 is 16.1 Å². The van der Waals surface area contributed by atoms with Gasteiger partial charge in [0.05, 0.1) is 8.60 Å². The molecule has 0 unspecified atom stereocenters. The molecule has 2 N–H and O–H groups in total. The van der Waals surface area contributed by atoms with Gasteiger partial charge in [-0.25, -0.2) is 0 Å². The molecule has 0 spiro atoms. The minimum atomic E-state index is -2.87. The Bertz CT molecular complexity index is 15.5. The Hall–Kier alpha value is 1.23. The van der Waals surface area contributed by atoms with Crippen molar-refractivity contribution in [2.45, 2.75) is 0 Å². The van der Waals surface area contributed by atoms with Gasteiger partial charge < -0.3 is 14.7 Å². The molecule has 0 aromatic heterocycles. The van der Waals surface area contributed by atoms with Crippen molar-refractivity contribution in [3.8, 4) is 0 Å². The Morgan fingerprint density at radius 3 is 1.60 bits per heavy atom. The summed E-state index contributed by atoms with van der Waals surface area (Å²) in [5.74, 6) is 0. The zero-order chi connectivity index (χ0) is 3.58. The Labute approximate surface area is 52.3 Å². The Kier molecular flexibility index (Phi) is 9.97. The van der Waals surface area contributed by atoms with Crippen LogP contribution in [0.1, 0.15) is 1.43 Å². The summed E-state index contributed by atoms with van der Waals surface area (Å²) in [6.07, 6.45) is 0. The van der Waals surface area contributed by atoms with Gasteiger partial charge in [-0.2, -0.15) is 0 Å². The first-order chi connectivity index (χ1) is 1.73. The summed E-state index contributed by atoms with van der Waals surface area (Å²) in [6.45, 7) is 0. The number of hydrogen-bond acceptors (Lipinski definition) is 3. The third-order valence-electron chi connectivity index (χ3n) is 0. The zero-order valence-electron chi connectivity index (χ0n) is 2.25. The molecule has 0 saturated carbocycles.